The Balaban J connectivity index is 1.29. The molecule has 230 valence electrons. The molecule has 3 nitrogen and oxygen atoms in total. The van der Waals surface area contributed by atoms with Gasteiger partial charge in [0.05, 0.1) is 16.7 Å². The number of fused-ring (bicyclic) bond motifs is 3. The van der Waals surface area contributed by atoms with Gasteiger partial charge in [-0.05, 0) is 128 Å². The molecular formula is C43H43N3. The lowest BCUT2D eigenvalue weighted by atomic mass is 9.88. The Kier molecular flexibility index (Phi) is 8.09. The fraction of sp³-hybridized carbons (Fsp3) is 0.233. The molecule has 0 amide bonds. The van der Waals surface area contributed by atoms with E-state index in [1.807, 2.05) is 6.20 Å². The lowest BCUT2D eigenvalue weighted by Gasteiger charge is -2.19. The van der Waals surface area contributed by atoms with Gasteiger partial charge in [0.2, 0.25) is 0 Å². The minimum Gasteiger partial charge on any atom is -0.309 e. The molecule has 0 radical (unpaired) electrons. The van der Waals surface area contributed by atoms with Gasteiger partial charge in [0.25, 0.3) is 0 Å². The predicted molar refractivity (Wildman–Crippen MR) is 196 cm³/mol. The third kappa shape index (κ3) is 5.24. The van der Waals surface area contributed by atoms with Crippen LogP contribution < -0.4 is 0 Å². The molecule has 0 unspecified atom stereocenters. The summed E-state index contributed by atoms with van der Waals surface area (Å²) in [7, 11) is 0. The zero-order chi connectivity index (χ0) is 31.8. The Bertz CT molecular complexity index is 2150. The molecule has 0 saturated carbocycles. The maximum Gasteiger partial charge on any atom is 0.144 e. The number of aryl methyl sites for hydroxylation is 4. The smallest absolute Gasteiger partial charge is 0.144 e. The van der Waals surface area contributed by atoms with E-state index in [1.165, 1.54) is 97.8 Å². The SMILES string of the molecule is CCCCCCc1ccc(C)c(-c2cc(C)c(-n3ccnc3-c3ccc4c(c3)c3ccccc3n4-c3ccccc3)c(C)c2)c1C. The number of hydrogen-bond acceptors (Lipinski definition) is 1. The van der Waals surface area contributed by atoms with Crippen LogP contribution in [0.25, 0.3) is 55.7 Å². The quantitative estimate of drug-likeness (QED) is 0.151. The molecule has 0 N–H and O–H groups in total. The number of nitrogens with zero attached hydrogens (tertiary/aromatic N) is 3. The van der Waals surface area contributed by atoms with Crippen molar-refractivity contribution >= 4 is 21.8 Å². The van der Waals surface area contributed by atoms with Crippen LogP contribution >= 0.6 is 0 Å². The van der Waals surface area contributed by atoms with Crippen molar-refractivity contribution in [1.82, 2.24) is 14.1 Å². The number of aromatic nitrogens is 3. The van der Waals surface area contributed by atoms with Crippen molar-refractivity contribution in [3.05, 3.63) is 137 Å². The largest absolute Gasteiger partial charge is 0.309 e. The Labute approximate surface area is 273 Å². The first-order valence-electron chi connectivity index (χ1n) is 16.8. The third-order valence-electron chi connectivity index (χ3n) is 9.69. The first-order valence-corrected chi connectivity index (χ1v) is 16.8. The summed E-state index contributed by atoms with van der Waals surface area (Å²) < 4.78 is 4.63. The van der Waals surface area contributed by atoms with E-state index in [2.05, 4.69) is 147 Å². The summed E-state index contributed by atoms with van der Waals surface area (Å²) in [5, 5.41) is 2.48. The highest BCUT2D eigenvalue weighted by Gasteiger charge is 2.18. The molecule has 0 aliphatic heterocycles. The molecule has 0 aliphatic rings. The van der Waals surface area contributed by atoms with Crippen LogP contribution in [0.3, 0.4) is 0 Å². The van der Waals surface area contributed by atoms with Gasteiger partial charge >= 0.3 is 0 Å². The molecule has 3 heteroatoms. The molecule has 2 heterocycles. The fourth-order valence-corrected chi connectivity index (χ4v) is 7.49. The van der Waals surface area contributed by atoms with E-state index in [0.717, 1.165) is 17.8 Å². The minimum atomic E-state index is 0.957. The Morgan fingerprint density at radius 3 is 2.15 bits per heavy atom. The van der Waals surface area contributed by atoms with Gasteiger partial charge in [-0.1, -0.05) is 74.7 Å². The molecular weight excluding hydrogens is 558 g/mol. The van der Waals surface area contributed by atoms with Crippen LogP contribution in [-0.2, 0) is 6.42 Å². The number of para-hydroxylation sites is 2. The second kappa shape index (κ2) is 12.5. The number of unbranched alkanes of at least 4 members (excludes halogenated alkanes) is 3. The zero-order valence-electron chi connectivity index (χ0n) is 27.8. The second-order valence-electron chi connectivity index (χ2n) is 12.9. The first kappa shape index (κ1) is 29.8. The van der Waals surface area contributed by atoms with Crippen molar-refractivity contribution < 1.29 is 0 Å². The summed E-state index contributed by atoms with van der Waals surface area (Å²) in [6.07, 6.45) is 10.3. The van der Waals surface area contributed by atoms with Gasteiger partial charge in [-0.25, -0.2) is 4.98 Å². The molecule has 5 aromatic carbocycles. The van der Waals surface area contributed by atoms with Crippen LogP contribution in [0.1, 0.15) is 60.4 Å². The monoisotopic (exact) mass is 601 g/mol. The van der Waals surface area contributed by atoms with Crippen molar-refractivity contribution in [3.63, 3.8) is 0 Å². The van der Waals surface area contributed by atoms with Gasteiger partial charge in [0, 0.05) is 34.4 Å². The van der Waals surface area contributed by atoms with Gasteiger partial charge in [0.15, 0.2) is 0 Å². The van der Waals surface area contributed by atoms with Crippen molar-refractivity contribution in [2.75, 3.05) is 0 Å². The molecule has 0 atom stereocenters. The Hall–Kier alpha value is -4.89. The summed E-state index contributed by atoms with van der Waals surface area (Å²) in [6, 6.07) is 35.5. The third-order valence-corrected chi connectivity index (χ3v) is 9.69. The lowest BCUT2D eigenvalue weighted by Crippen LogP contribution is -2.03. The van der Waals surface area contributed by atoms with Crippen molar-refractivity contribution in [2.24, 2.45) is 0 Å². The standard InChI is InChI=1S/C43H43N3/c1-6-7-8-10-15-33-21-20-29(2)41(32(33)5)35-26-30(3)42(31(4)27-35)45-25-24-44-43(45)34-22-23-40-38(28-34)37-18-13-14-19-39(37)46(40)36-16-11-9-12-17-36/h9,11-14,16-28H,6-8,10,15H2,1-5H3. The van der Waals surface area contributed by atoms with Crippen LogP contribution in [0.4, 0.5) is 0 Å². The van der Waals surface area contributed by atoms with Gasteiger partial charge in [-0.15, -0.1) is 0 Å². The number of imidazole rings is 1. The predicted octanol–water partition coefficient (Wildman–Crippen LogP) is 11.7. The summed E-state index contributed by atoms with van der Waals surface area (Å²) in [5.41, 5.74) is 15.3. The van der Waals surface area contributed by atoms with E-state index in [1.54, 1.807) is 0 Å². The normalized spacial score (nSPS) is 11.6. The topological polar surface area (TPSA) is 22.8 Å². The summed E-state index contributed by atoms with van der Waals surface area (Å²) in [6.45, 7) is 11.3. The summed E-state index contributed by atoms with van der Waals surface area (Å²) in [5.74, 6) is 0.957. The lowest BCUT2D eigenvalue weighted by molar-refractivity contribution is 0.666. The van der Waals surface area contributed by atoms with E-state index in [9.17, 15) is 0 Å². The van der Waals surface area contributed by atoms with Crippen LogP contribution in [0.15, 0.2) is 109 Å². The van der Waals surface area contributed by atoms with Crippen LogP contribution in [-0.4, -0.2) is 14.1 Å². The second-order valence-corrected chi connectivity index (χ2v) is 12.9. The molecule has 0 saturated heterocycles. The molecule has 0 fully saturated rings. The van der Waals surface area contributed by atoms with E-state index in [0.29, 0.717) is 0 Å². The van der Waals surface area contributed by atoms with Crippen molar-refractivity contribution in [1.29, 1.82) is 0 Å². The fourth-order valence-electron chi connectivity index (χ4n) is 7.49. The van der Waals surface area contributed by atoms with E-state index in [4.69, 9.17) is 4.98 Å². The average molecular weight is 602 g/mol. The number of benzene rings is 5. The molecule has 0 aliphatic carbocycles. The highest BCUT2D eigenvalue weighted by molar-refractivity contribution is 6.10. The first-order chi connectivity index (χ1) is 22.5. The van der Waals surface area contributed by atoms with Gasteiger partial charge < -0.3 is 4.57 Å². The van der Waals surface area contributed by atoms with Crippen LogP contribution in [0.2, 0.25) is 0 Å². The van der Waals surface area contributed by atoms with E-state index >= 15 is 0 Å². The highest BCUT2D eigenvalue weighted by atomic mass is 15.1. The van der Waals surface area contributed by atoms with Gasteiger partial charge in [-0.3, -0.25) is 4.57 Å². The van der Waals surface area contributed by atoms with Crippen molar-refractivity contribution in [2.45, 2.75) is 66.7 Å². The number of rotatable bonds is 9. The molecule has 7 rings (SSSR count). The minimum absolute atomic E-state index is 0.957. The zero-order valence-corrected chi connectivity index (χ0v) is 27.8. The molecule has 2 aromatic heterocycles. The van der Waals surface area contributed by atoms with Crippen LogP contribution in [0.5, 0.6) is 0 Å². The summed E-state index contributed by atoms with van der Waals surface area (Å²) >= 11 is 0. The molecule has 0 spiro atoms. The maximum atomic E-state index is 4.92. The highest BCUT2D eigenvalue weighted by Crippen LogP contribution is 2.37. The van der Waals surface area contributed by atoms with Crippen LogP contribution in [0, 0.1) is 27.7 Å². The van der Waals surface area contributed by atoms with E-state index < -0.39 is 0 Å². The maximum absolute atomic E-state index is 4.92. The molecule has 7 aromatic rings. The molecule has 46 heavy (non-hydrogen) atoms. The number of hydrogen-bond donors (Lipinski definition) is 0. The van der Waals surface area contributed by atoms with Gasteiger partial charge in [0.1, 0.15) is 5.82 Å². The van der Waals surface area contributed by atoms with Gasteiger partial charge in [-0.2, -0.15) is 0 Å². The average Bonchev–Trinajstić information content (AvgIpc) is 3.67. The van der Waals surface area contributed by atoms with E-state index in [-0.39, 0.29) is 0 Å². The summed E-state index contributed by atoms with van der Waals surface area (Å²) in [4.78, 5) is 4.92. The Morgan fingerprint density at radius 2 is 1.37 bits per heavy atom. The Morgan fingerprint density at radius 1 is 0.630 bits per heavy atom. The van der Waals surface area contributed by atoms with Crippen molar-refractivity contribution in [3.8, 4) is 33.9 Å². The molecule has 0 bridgehead atoms.